The van der Waals surface area contributed by atoms with E-state index < -0.39 is 0 Å². The molecule has 0 spiro atoms. The molecule has 1 aliphatic rings. The van der Waals surface area contributed by atoms with Gasteiger partial charge >= 0.3 is 0 Å². The van der Waals surface area contributed by atoms with Crippen LogP contribution < -0.4 is 10.1 Å². The molecule has 0 bridgehead atoms. The van der Waals surface area contributed by atoms with Gasteiger partial charge in [-0.15, -0.1) is 0 Å². The van der Waals surface area contributed by atoms with Gasteiger partial charge in [-0.05, 0) is 43.4 Å². The van der Waals surface area contributed by atoms with Crippen LogP contribution in [-0.2, 0) is 4.74 Å². The zero-order valence-corrected chi connectivity index (χ0v) is 12.0. The van der Waals surface area contributed by atoms with Crippen LogP contribution in [0.5, 0.6) is 5.75 Å². The highest BCUT2D eigenvalue weighted by Crippen LogP contribution is 2.28. The van der Waals surface area contributed by atoms with E-state index in [9.17, 15) is 0 Å². The Morgan fingerprint density at radius 1 is 1.40 bits per heavy atom. The van der Waals surface area contributed by atoms with Gasteiger partial charge in [0.25, 0.3) is 0 Å². The highest BCUT2D eigenvalue weighted by atomic mass is 16.5. The fourth-order valence-electron chi connectivity index (χ4n) is 2.66. The number of pyridine rings is 1. The highest BCUT2D eigenvalue weighted by Gasteiger charge is 2.29. The molecule has 1 aliphatic heterocycles. The standard InChI is InChI=1S/C16H20N2O2/c1-16(7-3-9-20-16)11-18-15-14-10-13(19-2)5-4-12(14)6-8-17-15/h4-6,8,10H,3,7,9,11H2,1-2H3,(H,17,18). The normalized spacial score (nSPS) is 22.1. The van der Waals surface area contributed by atoms with Gasteiger partial charge in [-0.25, -0.2) is 4.98 Å². The van der Waals surface area contributed by atoms with Crippen molar-refractivity contribution in [1.29, 1.82) is 0 Å². The Bertz CT molecular complexity index is 606. The maximum atomic E-state index is 5.80. The van der Waals surface area contributed by atoms with Crippen molar-refractivity contribution in [2.24, 2.45) is 0 Å². The number of rotatable bonds is 4. The van der Waals surface area contributed by atoms with Crippen molar-refractivity contribution >= 4 is 16.6 Å². The van der Waals surface area contributed by atoms with E-state index in [1.54, 1.807) is 7.11 Å². The number of nitrogens with zero attached hydrogens (tertiary/aromatic N) is 1. The lowest BCUT2D eigenvalue weighted by atomic mass is 10.0. The van der Waals surface area contributed by atoms with Gasteiger partial charge in [0.1, 0.15) is 11.6 Å². The summed E-state index contributed by atoms with van der Waals surface area (Å²) in [5.41, 5.74) is -0.0806. The SMILES string of the molecule is COc1ccc2ccnc(NCC3(C)CCCO3)c2c1. The lowest BCUT2D eigenvalue weighted by Gasteiger charge is -2.24. The van der Waals surface area contributed by atoms with Gasteiger partial charge in [0.15, 0.2) is 0 Å². The van der Waals surface area contributed by atoms with E-state index in [-0.39, 0.29) is 5.60 Å². The first kappa shape index (κ1) is 13.2. The maximum absolute atomic E-state index is 5.80. The molecule has 0 radical (unpaired) electrons. The first-order valence-electron chi connectivity index (χ1n) is 7.01. The number of fused-ring (bicyclic) bond motifs is 1. The van der Waals surface area contributed by atoms with Crippen LogP contribution in [0.4, 0.5) is 5.82 Å². The minimum atomic E-state index is -0.0806. The lowest BCUT2D eigenvalue weighted by Crippen LogP contribution is -2.32. The third-order valence-electron chi connectivity index (χ3n) is 3.90. The van der Waals surface area contributed by atoms with Crippen LogP contribution in [0.15, 0.2) is 30.5 Å². The molecule has 1 atom stereocenters. The number of hydrogen-bond acceptors (Lipinski definition) is 4. The molecule has 1 unspecified atom stereocenters. The average Bonchev–Trinajstić information content (AvgIpc) is 2.91. The summed E-state index contributed by atoms with van der Waals surface area (Å²) in [6, 6.07) is 8.04. The Balaban J connectivity index is 1.86. The zero-order valence-electron chi connectivity index (χ0n) is 12.0. The third-order valence-corrected chi connectivity index (χ3v) is 3.90. The van der Waals surface area contributed by atoms with Crippen LogP contribution in [0, 0.1) is 0 Å². The second-order valence-electron chi connectivity index (χ2n) is 5.50. The summed E-state index contributed by atoms with van der Waals surface area (Å²) in [7, 11) is 1.68. The monoisotopic (exact) mass is 272 g/mol. The first-order chi connectivity index (χ1) is 9.70. The molecule has 4 heteroatoms. The summed E-state index contributed by atoms with van der Waals surface area (Å²) in [5.74, 6) is 1.73. The summed E-state index contributed by atoms with van der Waals surface area (Å²) < 4.78 is 11.1. The Labute approximate surface area is 119 Å². The molecule has 106 valence electrons. The molecule has 0 aliphatic carbocycles. The van der Waals surface area contributed by atoms with Gasteiger partial charge in [0.2, 0.25) is 0 Å². The van der Waals surface area contributed by atoms with Crippen LogP contribution in [0.3, 0.4) is 0 Å². The Hall–Kier alpha value is -1.81. The molecule has 1 N–H and O–H groups in total. The van der Waals surface area contributed by atoms with Gasteiger partial charge < -0.3 is 14.8 Å². The van der Waals surface area contributed by atoms with Gasteiger partial charge in [0, 0.05) is 24.7 Å². The van der Waals surface area contributed by atoms with Crippen molar-refractivity contribution in [3.05, 3.63) is 30.5 Å². The predicted octanol–water partition coefficient (Wildman–Crippen LogP) is 3.22. The van der Waals surface area contributed by atoms with Crippen molar-refractivity contribution in [3.63, 3.8) is 0 Å². The van der Waals surface area contributed by atoms with E-state index in [0.29, 0.717) is 0 Å². The van der Waals surface area contributed by atoms with Crippen LogP contribution >= 0.6 is 0 Å². The Morgan fingerprint density at radius 3 is 3.05 bits per heavy atom. The minimum absolute atomic E-state index is 0.0806. The summed E-state index contributed by atoms with van der Waals surface area (Å²) in [6.45, 7) is 3.78. The highest BCUT2D eigenvalue weighted by molar-refractivity contribution is 5.92. The summed E-state index contributed by atoms with van der Waals surface area (Å²) in [4.78, 5) is 4.45. The van der Waals surface area contributed by atoms with Gasteiger partial charge in [0.05, 0.1) is 12.7 Å². The number of nitrogens with one attached hydrogen (secondary N) is 1. The summed E-state index contributed by atoms with van der Waals surface area (Å²) in [6.07, 6.45) is 4.05. The molecule has 0 saturated carbocycles. The number of methoxy groups -OCH3 is 1. The van der Waals surface area contributed by atoms with Crippen LogP contribution in [0.25, 0.3) is 10.8 Å². The molecule has 3 rings (SSSR count). The van der Waals surface area contributed by atoms with Crippen LogP contribution in [0.2, 0.25) is 0 Å². The number of benzene rings is 1. The smallest absolute Gasteiger partial charge is 0.134 e. The Morgan fingerprint density at radius 2 is 2.30 bits per heavy atom. The molecule has 1 aromatic carbocycles. The van der Waals surface area contributed by atoms with Crippen LogP contribution in [-0.4, -0.2) is 30.8 Å². The summed E-state index contributed by atoms with van der Waals surface area (Å²) in [5, 5.41) is 5.66. The zero-order chi connectivity index (χ0) is 14.0. The van der Waals surface area contributed by atoms with Crippen molar-refractivity contribution in [3.8, 4) is 5.75 Å². The van der Waals surface area contributed by atoms with Crippen molar-refractivity contribution in [2.75, 3.05) is 25.6 Å². The topological polar surface area (TPSA) is 43.4 Å². The first-order valence-corrected chi connectivity index (χ1v) is 7.01. The molecule has 1 aromatic heterocycles. The fraction of sp³-hybridized carbons (Fsp3) is 0.438. The maximum Gasteiger partial charge on any atom is 0.134 e. The molecule has 4 nitrogen and oxygen atoms in total. The molecule has 1 fully saturated rings. The van der Waals surface area contributed by atoms with Gasteiger partial charge in [-0.1, -0.05) is 6.07 Å². The molecule has 2 heterocycles. The van der Waals surface area contributed by atoms with E-state index in [4.69, 9.17) is 9.47 Å². The van der Waals surface area contributed by atoms with E-state index in [1.807, 2.05) is 24.4 Å². The quantitative estimate of drug-likeness (QED) is 0.928. The fourth-order valence-corrected chi connectivity index (χ4v) is 2.66. The minimum Gasteiger partial charge on any atom is -0.497 e. The molecule has 2 aromatic rings. The second-order valence-corrected chi connectivity index (χ2v) is 5.50. The van der Waals surface area contributed by atoms with Gasteiger partial charge in [-0.3, -0.25) is 0 Å². The van der Waals surface area contributed by atoms with E-state index in [0.717, 1.165) is 48.3 Å². The average molecular weight is 272 g/mol. The van der Waals surface area contributed by atoms with E-state index in [2.05, 4.69) is 23.3 Å². The number of aromatic nitrogens is 1. The molecule has 1 saturated heterocycles. The number of anilines is 1. The number of ether oxygens (including phenoxy) is 2. The molecule has 20 heavy (non-hydrogen) atoms. The van der Waals surface area contributed by atoms with Crippen molar-refractivity contribution < 1.29 is 9.47 Å². The Kier molecular flexibility index (Phi) is 3.49. The van der Waals surface area contributed by atoms with Crippen molar-refractivity contribution in [1.82, 2.24) is 4.98 Å². The number of hydrogen-bond donors (Lipinski definition) is 1. The van der Waals surface area contributed by atoms with Gasteiger partial charge in [-0.2, -0.15) is 0 Å². The molecule has 0 amide bonds. The predicted molar refractivity (Wildman–Crippen MR) is 80.4 cm³/mol. The lowest BCUT2D eigenvalue weighted by molar-refractivity contribution is 0.0315. The molecular formula is C16H20N2O2. The van der Waals surface area contributed by atoms with Crippen LogP contribution in [0.1, 0.15) is 19.8 Å². The van der Waals surface area contributed by atoms with Crippen molar-refractivity contribution in [2.45, 2.75) is 25.4 Å². The second kappa shape index (κ2) is 5.29. The van der Waals surface area contributed by atoms with E-state index >= 15 is 0 Å². The largest absolute Gasteiger partial charge is 0.497 e. The van der Waals surface area contributed by atoms with E-state index in [1.165, 1.54) is 0 Å². The molecular weight excluding hydrogens is 252 g/mol. The summed E-state index contributed by atoms with van der Waals surface area (Å²) >= 11 is 0. The third kappa shape index (κ3) is 2.56.